The van der Waals surface area contributed by atoms with Gasteiger partial charge in [0.1, 0.15) is 5.75 Å². The van der Waals surface area contributed by atoms with E-state index in [9.17, 15) is 9.59 Å². The van der Waals surface area contributed by atoms with Crippen molar-refractivity contribution in [2.24, 2.45) is 0 Å². The van der Waals surface area contributed by atoms with Crippen LogP contribution in [0, 0.1) is 0 Å². The Hall–Kier alpha value is -2.70. The number of ether oxygens (including phenoxy) is 2. The van der Waals surface area contributed by atoms with Crippen molar-refractivity contribution >= 4 is 51.7 Å². The lowest BCUT2D eigenvalue weighted by molar-refractivity contribution is -0.139. The van der Waals surface area contributed by atoms with Gasteiger partial charge < -0.3 is 19.8 Å². The molecule has 0 saturated heterocycles. The zero-order valence-corrected chi connectivity index (χ0v) is 15.9. The Bertz CT molecular complexity index is 1000. The SMILES string of the molecule is COC(=O)Cc1c[nH]c2cc(OCC(=O)Nc3ccc(Cl)cc3Cl)ccc12. The molecular weight excluding hydrogens is 391 g/mol. The Morgan fingerprint density at radius 1 is 1.15 bits per heavy atom. The summed E-state index contributed by atoms with van der Waals surface area (Å²) in [6, 6.07) is 10.1. The minimum Gasteiger partial charge on any atom is -0.484 e. The van der Waals surface area contributed by atoms with Crippen LogP contribution in [-0.2, 0) is 20.7 Å². The first-order valence-corrected chi connectivity index (χ1v) is 8.76. The van der Waals surface area contributed by atoms with Gasteiger partial charge in [0.25, 0.3) is 5.91 Å². The van der Waals surface area contributed by atoms with Gasteiger partial charge in [0.05, 0.1) is 24.2 Å². The Kier molecular flexibility index (Phi) is 5.88. The fourth-order valence-corrected chi connectivity index (χ4v) is 3.01. The van der Waals surface area contributed by atoms with E-state index in [1.165, 1.54) is 7.11 Å². The number of halogens is 2. The number of aromatic amines is 1. The van der Waals surface area contributed by atoms with E-state index < -0.39 is 0 Å². The molecular formula is C19H16Cl2N2O4. The fraction of sp³-hybridized carbons (Fsp3) is 0.158. The zero-order valence-electron chi connectivity index (χ0n) is 14.3. The lowest BCUT2D eigenvalue weighted by atomic mass is 10.1. The largest absolute Gasteiger partial charge is 0.484 e. The minimum atomic E-state index is -0.350. The van der Waals surface area contributed by atoms with Gasteiger partial charge in [0, 0.05) is 28.2 Å². The fourth-order valence-electron chi connectivity index (χ4n) is 2.56. The minimum absolute atomic E-state index is 0.180. The Balaban J connectivity index is 1.63. The number of fused-ring (bicyclic) bond motifs is 1. The number of nitrogens with one attached hydrogen (secondary N) is 2. The summed E-state index contributed by atoms with van der Waals surface area (Å²) in [5, 5.41) is 4.39. The van der Waals surface area contributed by atoms with Crippen LogP contribution in [0.15, 0.2) is 42.6 Å². The summed E-state index contributed by atoms with van der Waals surface area (Å²) in [5.74, 6) is -0.141. The Morgan fingerprint density at radius 3 is 2.70 bits per heavy atom. The van der Waals surface area contributed by atoms with Crippen molar-refractivity contribution in [1.82, 2.24) is 4.98 Å². The summed E-state index contributed by atoms with van der Waals surface area (Å²) in [6.45, 7) is -0.180. The maximum absolute atomic E-state index is 12.1. The normalized spacial score (nSPS) is 10.6. The van der Waals surface area contributed by atoms with E-state index in [1.54, 1.807) is 36.5 Å². The van der Waals surface area contributed by atoms with E-state index in [1.807, 2.05) is 6.07 Å². The standard InChI is InChI=1S/C19H16Cl2N2O4/c1-26-19(25)6-11-9-22-17-8-13(3-4-14(11)17)27-10-18(24)23-16-5-2-12(20)7-15(16)21/h2-5,7-9,22H,6,10H2,1H3,(H,23,24). The Morgan fingerprint density at radius 2 is 1.96 bits per heavy atom. The summed E-state index contributed by atoms with van der Waals surface area (Å²) in [7, 11) is 1.35. The molecule has 1 amide bonds. The van der Waals surface area contributed by atoms with Gasteiger partial charge >= 0.3 is 5.97 Å². The van der Waals surface area contributed by atoms with Crippen molar-refractivity contribution in [3.63, 3.8) is 0 Å². The van der Waals surface area contributed by atoms with Gasteiger partial charge in [-0.05, 0) is 35.9 Å². The molecule has 0 radical (unpaired) electrons. The third-order valence-corrected chi connectivity index (χ3v) is 4.42. The summed E-state index contributed by atoms with van der Waals surface area (Å²) in [6.07, 6.45) is 1.93. The molecule has 1 heterocycles. The van der Waals surface area contributed by atoms with E-state index in [0.717, 1.165) is 16.5 Å². The highest BCUT2D eigenvalue weighted by Crippen LogP contribution is 2.26. The summed E-state index contributed by atoms with van der Waals surface area (Å²) < 4.78 is 10.2. The van der Waals surface area contributed by atoms with Crippen LogP contribution in [0.1, 0.15) is 5.56 Å². The summed E-state index contributed by atoms with van der Waals surface area (Å²) >= 11 is 11.9. The third kappa shape index (κ3) is 4.72. The van der Waals surface area contributed by atoms with Crippen LogP contribution >= 0.6 is 23.2 Å². The number of H-pyrrole nitrogens is 1. The van der Waals surface area contributed by atoms with Gasteiger partial charge in [0.2, 0.25) is 0 Å². The van der Waals surface area contributed by atoms with Crippen LogP contribution in [0.5, 0.6) is 5.75 Å². The summed E-state index contributed by atoms with van der Waals surface area (Å²) in [4.78, 5) is 26.6. The van der Waals surface area contributed by atoms with Crippen molar-refractivity contribution in [3.05, 3.63) is 58.2 Å². The van der Waals surface area contributed by atoms with Crippen molar-refractivity contribution in [2.45, 2.75) is 6.42 Å². The molecule has 2 aromatic carbocycles. The molecule has 3 aromatic rings. The number of carbonyl (C=O) groups excluding carboxylic acids is 2. The average Bonchev–Trinajstić information content (AvgIpc) is 3.04. The maximum atomic E-state index is 12.1. The van der Waals surface area contributed by atoms with E-state index in [4.69, 9.17) is 27.9 Å². The highest BCUT2D eigenvalue weighted by molar-refractivity contribution is 6.36. The molecule has 0 fully saturated rings. The molecule has 0 saturated carbocycles. The third-order valence-electron chi connectivity index (χ3n) is 3.88. The van der Waals surface area contributed by atoms with Crippen LogP contribution in [-0.4, -0.2) is 30.6 Å². The van der Waals surface area contributed by atoms with Crippen LogP contribution in [0.25, 0.3) is 10.9 Å². The molecule has 3 rings (SSSR count). The Labute approximate surface area is 165 Å². The van der Waals surface area contributed by atoms with Crippen LogP contribution in [0.2, 0.25) is 10.0 Å². The van der Waals surface area contributed by atoms with Gasteiger partial charge in [-0.3, -0.25) is 9.59 Å². The molecule has 8 heteroatoms. The number of amides is 1. The smallest absolute Gasteiger partial charge is 0.310 e. The number of carbonyl (C=O) groups is 2. The maximum Gasteiger partial charge on any atom is 0.310 e. The number of esters is 1. The topological polar surface area (TPSA) is 80.4 Å². The van der Waals surface area contributed by atoms with Crippen molar-refractivity contribution < 1.29 is 19.1 Å². The molecule has 140 valence electrons. The molecule has 2 N–H and O–H groups in total. The number of anilines is 1. The van der Waals surface area contributed by atoms with Gasteiger partial charge in [-0.25, -0.2) is 0 Å². The van der Waals surface area contributed by atoms with Gasteiger partial charge in [-0.1, -0.05) is 23.2 Å². The van der Waals surface area contributed by atoms with Crippen LogP contribution in [0.4, 0.5) is 5.69 Å². The quantitative estimate of drug-likeness (QED) is 0.600. The highest BCUT2D eigenvalue weighted by Gasteiger charge is 2.11. The number of benzene rings is 2. The average molecular weight is 407 g/mol. The zero-order chi connectivity index (χ0) is 19.4. The molecule has 0 aliphatic heterocycles. The number of aromatic nitrogens is 1. The first-order valence-electron chi connectivity index (χ1n) is 8.01. The monoisotopic (exact) mass is 406 g/mol. The highest BCUT2D eigenvalue weighted by atomic mass is 35.5. The predicted molar refractivity (Wildman–Crippen MR) is 105 cm³/mol. The molecule has 6 nitrogen and oxygen atoms in total. The first kappa shape index (κ1) is 19.1. The van der Waals surface area contributed by atoms with Crippen molar-refractivity contribution in [1.29, 1.82) is 0 Å². The molecule has 0 bridgehead atoms. The van der Waals surface area contributed by atoms with E-state index in [2.05, 4.69) is 15.0 Å². The molecule has 27 heavy (non-hydrogen) atoms. The molecule has 0 aliphatic rings. The van der Waals surface area contributed by atoms with Gasteiger partial charge in [-0.2, -0.15) is 0 Å². The van der Waals surface area contributed by atoms with E-state index >= 15 is 0 Å². The summed E-state index contributed by atoms with van der Waals surface area (Å²) in [5.41, 5.74) is 2.09. The van der Waals surface area contributed by atoms with Crippen molar-refractivity contribution in [2.75, 3.05) is 19.0 Å². The predicted octanol–water partition coefficient (Wildman–Crippen LogP) is 4.21. The first-order chi connectivity index (χ1) is 13.0. The van der Waals surface area contributed by atoms with Crippen molar-refractivity contribution in [3.8, 4) is 5.75 Å². The lowest BCUT2D eigenvalue weighted by Crippen LogP contribution is -2.20. The van der Waals surface area contributed by atoms with Crippen LogP contribution in [0.3, 0.4) is 0 Å². The van der Waals surface area contributed by atoms with E-state index in [0.29, 0.717) is 21.5 Å². The second-order valence-electron chi connectivity index (χ2n) is 5.74. The molecule has 0 aliphatic carbocycles. The van der Waals surface area contributed by atoms with Crippen LogP contribution < -0.4 is 10.1 Å². The number of hydrogen-bond acceptors (Lipinski definition) is 4. The second kappa shape index (κ2) is 8.33. The number of hydrogen-bond donors (Lipinski definition) is 2. The van der Waals surface area contributed by atoms with E-state index in [-0.39, 0.29) is 24.9 Å². The number of rotatable bonds is 6. The molecule has 1 aromatic heterocycles. The lowest BCUT2D eigenvalue weighted by Gasteiger charge is -2.09. The second-order valence-corrected chi connectivity index (χ2v) is 6.58. The molecule has 0 atom stereocenters. The molecule has 0 unspecified atom stereocenters. The van der Waals surface area contributed by atoms with Gasteiger partial charge in [-0.15, -0.1) is 0 Å². The van der Waals surface area contributed by atoms with Gasteiger partial charge in [0.15, 0.2) is 6.61 Å². The number of methoxy groups -OCH3 is 1. The molecule has 0 spiro atoms.